The zero-order valence-electron chi connectivity index (χ0n) is 6.75. The fourth-order valence-electron chi connectivity index (χ4n) is 1.60. The van der Waals surface area contributed by atoms with Crippen molar-refractivity contribution in [3.05, 3.63) is 23.8 Å². The van der Waals surface area contributed by atoms with Gasteiger partial charge in [-0.1, -0.05) is 0 Å². The Balaban J connectivity index is 2.42. The molecule has 0 unspecified atom stereocenters. The van der Waals surface area contributed by atoms with Crippen LogP contribution in [0.15, 0.2) is 18.2 Å². The van der Waals surface area contributed by atoms with Crippen LogP contribution in [0.2, 0.25) is 0 Å². The zero-order chi connectivity index (χ0) is 8.55. The van der Waals surface area contributed by atoms with Crippen LogP contribution in [0.5, 0.6) is 5.75 Å². The SMILES string of the molecule is NC[C@H]1CNc2ccc(O)cc21. The number of phenolic OH excluding ortho intramolecular Hbond substituents is 1. The first-order valence-corrected chi connectivity index (χ1v) is 4.08. The van der Waals surface area contributed by atoms with Gasteiger partial charge in [0.1, 0.15) is 5.75 Å². The van der Waals surface area contributed by atoms with E-state index in [9.17, 15) is 5.11 Å². The van der Waals surface area contributed by atoms with Gasteiger partial charge in [-0.05, 0) is 23.8 Å². The number of nitrogens with two attached hydrogens (primary N) is 1. The molecule has 0 saturated heterocycles. The van der Waals surface area contributed by atoms with E-state index < -0.39 is 0 Å². The van der Waals surface area contributed by atoms with E-state index in [1.165, 1.54) is 0 Å². The summed E-state index contributed by atoms with van der Waals surface area (Å²) < 4.78 is 0. The van der Waals surface area contributed by atoms with Gasteiger partial charge in [-0.3, -0.25) is 0 Å². The summed E-state index contributed by atoms with van der Waals surface area (Å²) in [5, 5.41) is 12.5. The highest BCUT2D eigenvalue weighted by Crippen LogP contribution is 2.32. The molecule has 12 heavy (non-hydrogen) atoms. The van der Waals surface area contributed by atoms with Gasteiger partial charge in [0.05, 0.1) is 0 Å². The molecule has 0 spiro atoms. The van der Waals surface area contributed by atoms with Crippen molar-refractivity contribution in [3.63, 3.8) is 0 Å². The van der Waals surface area contributed by atoms with Crippen LogP contribution in [-0.2, 0) is 0 Å². The van der Waals surface area contributed by atoms with Crippen molar-refractivity contribution < 1.29 is 5.11 Å². The third kappa shape index (κ3) is 1.02. The first-order chi connectivity index (χ1) is 5.81. The van der Waals surface area contributed by atoms with Crippen LogP contribution in [0.1, 0.15) is 11.5 Å². The van der Waals surface area contributed by atoms with Crippen molar-refractivity contribution >= 4 is 5.69 Å². The van der Waals surface area contributed by atoms with Gasteiger partial charge in [-0.2, -0.15) is 0 Å². The summed E-state index contributed by atoms with van der Waals surface area (Å²) >= 11 is 0. The van der Waals surface area contributed by atoms with Crippen LogP contribution in [0.25, 0.3) is 0 Å². The van der Waals surface area contributed by atoms with Gasteiger partial charge in [0.15, 0.2) is 0 Å². The minimum Gasteiger partial charge on any atom is -0.508 e. The van der Waals surface area contributed by atoms with E-state index in [0.717, 1.165) is 17.8 Å². The third-order valence-corrected chi connectivity index (χ3v) is 2.30. The number of hydrogen-bond acceptors (Lipinski definition) is 3. The molecule has 4 N–H and O–H groups in total. The Bertz CT molecular complexity index is 299. The Morgan fingerprint density at radius 2 is 2.42 bits per heavy atom. The first kappa shape index (κ1) is 7.43. The molecule has 1 heterocycles. The molecule has 3 nitrogen and oxygen atoms in total. The molecule has 1 aliphatic heterocycles. The molecule has 3 heteroatoms. The Hall–Kier alpha value is -1.22. The highest BCUT2D eigenvalue weighted by atomic mass is 16.3. The maximum atomic E-state index is 9.24. The largest absolute Gasteiger partial charge is 0.508 e. The minimum atomic E-state index is 0.316. The van der Waals surface area contributed by atoms with Gasteiger partial charge in [-0.15, -0.1) is 0 Å². The van der Waals surface area contributed by atoms with Crippen molar-refractivity contribution in [3.8, 4) is 5.75 Å². The molecule has 0 aromatic heterocycles. The third-order valence-electron chi connectivity index (χ3n) is 2.30. The normalized spacial score (nSPS) is 20.2. The number of nitrogens with one attached hydrogen (secondary N) is 1. The van der Waals surface area contributed by atoms with Crippen LogP contribution < -0.4 is 11.1 Å². The van der Waals surface area contributed by atoms with Crippen molar-refractivity contribution in [2.45, 2.75) is 5.92 Å². The second kappa shape index (κ2) is 2.68. The Kier molecular flexibility index (Phi) is 1.66. The van der Waals surface area contributed by atoms with Crippen molar-refractivity contribution in [1.82, 2.24) is 0 Å². The maximum Gasteiger partial charge on any atom is 0.116 e. The second-order valence-corrected chi connectivity index (χ2v) is 3.09. The van der Waals surface area contributed by atoms with Gasteiger partial charge >= 0.3 is 0 Å². The molecular formula is C9H12N2O. The van der Waals surface area contributed by atoms with Gasteiger partial charge in [0.2, 0.25) is 0 Å². The Morgan fingerprint density at radius 3 is 3.17 bits per heavy atom. The summed E-state index contributed by atoms with van der Waals surface area (Å²) in [5.74, 6) is 0.669. The second-order valence-electron chi connectivity index (χ2n) is 3.09. The first-order valence-electron chi connectivity index (χ1n) is 4.08. The van der Waals surface area contributed by atoms with E-state index >= 15 is 0 Å². The topological polar surface area (TPSA) is 58.3 Å². The molecule has 2 rings (SSSR count). The van der Waals surface area contributed by atoms with Gasteiger partial charge < -0.3 is 16.2 Å². The van der Waals surface area contributed by atoms with E-state index in [4.69, 9.17) is 5.73 Å². The molecule has 64 valence electrons. The molecule has 1 atom stereocenters. The molecule has 0 radical (unpaired) electrons. The van der Waals surface area contributed by atoms with Crippen LogP contribution in [0, 0.1) is 0 Å². The molecule has 0 saturated carbocycles. The van der Waals surface area contributed by atoms with E-state index in [1.54, 1.807) is 12.1 Å². The van der Waals surface area contributed by atoms with E-state index in [2.05, 4.69) is 5.32 Å². The lowest BCUT2D eigenvalue weighted by Crippen LogP contribution is -2.13. The number of phenols is 1. The fourth-order valence-corrected chi connectivity index (χ4v) is 1.60. The lowest BCUT2D eigenvalue weighted by atomic mass is 10.0. The lowest BCUT2D eigenvalue weighted by molar-refractivity contribution is 0.474. The van der Waals surface area contributed by atoms with Crippen molar-refractivity contribution in [1.29, 1.82) is 0 Å². The molecule has 0 aliphatic carbocycles. The van der Waals surface area contributed by atoms with E-state index in [1.807, 2.05) is 6.07 Å². The number of aromatic hydroxyl groups is 1. The molecular weight excluding hydrogens is 152 g/mol. The number of benzene rings is 1. The highest BCUT2D eigenvalue weighted by molar-refractivity contribution is 5.59. The van der Waals surface area contributed by atoms with Gasteiger partial charge in [0, 0.05) is 24.7 Å². The van der Waals surface area contributed by atoms with Crippen LogP contribution >= 0.6 is 0 Å². The number of hydrogen-bond donors (Lipinski definition) is 3. The van der Waals surface area contributed by atoms with Gasteiger partial charge in [0.25, 0.3) is 0 Å². The Morgan fingerprint density at radius 1 is 1.58 bits per heavy atom. The minimum absolute atomic E-state index is 0.316. The summed E-state index contributed by atoms with van der Waals surface area (Å²) in [6.07, 6.45) is 0. The Labute approximate surface area is 71.2 Å². The lowest BCUT2D eigenvalue weighted by Gasteiger charge is -2.05. The van der Waals surface area contributed by atoms with E-state index in [0.29, 0.717) is 18.2 Å². The average molecular weight is 164 g/mol. The molecule has 0 bridgehead atoms. The quantitative estimate of drug-likeness (QED) is 0.539. The summed E-state index contributed by atoms with van der Waals surface area (Å²) in [6.45, 7) is 1.51. The van der Waals surface area contributed by atoms with E-state index in [-0.39, 0.29) is 0 Å². The number of fused-ring (bicyclic) bond motifs is 1. The predicted octanol–water partition coefficient (Wildman–Crippen LogP) is 0.860. The van der Waals surface area contributed by atoms with Crippen LogP contribution in [-0.4, -0.2) is 18.2 Å². The molecule has 1 aromatic carbocycles. The summed E-state index contributed by atoms with van der Waals surface area (Å²) in [6, 6.07) is 5.36. The van der Waals surface area contributed by atoms with Gasteiger partial charge in [-0.25, -0.2) is 0 Å². The average Bonchev–Trinajstić information content (AvgIpc) is 2.46. The van der Waals surface area contributed by atoms with Crippen LogP contribution in [0.4, 0.5) is 5.69 Å². The molecule has 0 fully saturated rings. The van der Waals surface area contributed by atoms with Crippen molar-refractivity contribution in [2.24, 2.45) is 5.73 Å². The summed E-state index contributed by atoms with van der Waals surface area (Å²) in [4.78, 5) is 0. The summed E-state index contributed by atoms with van der Waals surface area (Å²) in [7, 11) is 0. The molecule has 1 aliphatic rings. The monoisotopic (exact) mass is 164 g/mol. The smallest absolute Gasteiger partial charge is 0.116 e. The highest BCUT2D eigenvalue weighted by Gasteiger charge is 2.20. The maximum absolute atomic E-state index is 9.24. The zero-order valence-corrected chi connectivity index (χ0v) is 6.75. The predicted molar refractivity (Wildman–Crippen MR) is 48.4 cm³/mol. The van der Waals surface area contributed by atoms with Crippen LogP contribution in [0.3, 0.4) is 0 Å². The van der Waals surface area contributed by atoms with Crippen molar-refractivity contribution in [2.75, 3.05) is 18.4 Å². The fraction of sp³-hybridized carbons (Fsp3) is 0.333. The molecule has 1 aromatic rings. The number of rotatable bonds is 1. The number of anilines is 1. The standard InChI is InChI=1S/C9H12N2O/c10-4-6-5-11-9-2-1-7(12)3-8(6)9/h1-3,6,11-12H,4-5,10H2/t6-/m0/s1. The summed E-state index contributed by atoms with van der Waals surface area (Å²) in [5.41, 5.74) is 7.81. The molecule has 0 amide bonds.